The maximum atomic E-state index is 12.9. The van der Waals surface area contributed by atoms with Crippen LogP contribution in [0.4, 0.5) is 4.79 Å². The lowest BCUT2D eigenvalue weighted by molar-refractivity contribution is -0.140. The van der Waals surface area contributed by atoms with Gasteiger partial charge in [-0.2, -0.15) is 0 Å². The number of carbonyl (C=O) groups excluding carboxylic acids is 3. The van der Waals surface area contributed by atoms with E-state index in [4.69, 9.17) is 5.73 Å². The Morgan fingerprint density at radius 2 is 1.80 bits per heavy atom. The number of halogens is 1. The largest absolute Gasteiger partial charge is 0.344 e. The summed E-state index contributed by atoms with van der Waals surface area (Å²) in [7, 11) is 3.36. The van der Waals surface area contributed by atoms with Crippen LogP contribution >= 0.6 is 12.4 Å². The van der Waals surface area contributed by atoms with Gasteiger partial charge >= 0.3 is 6.03 Å². The first kappa shape index (κ1) is 21.7. The first-order chi connectivity index (χ1) is 11.1. The van der Waals surface area contributed by atoms with Gasteiger partial charge in [-0.1, -0.05) is 33.1 Å². The normalized spacial score (nSPS) is 20.0. The lowest BCUT2D eigenvalue weighted by Gasteiger charge is -2.35. The standard InChI is InChI=1S/C17H30N4O3.ClH/c1-16(2,11-18)12-19(3)13(22)10-21-14(23)17(20(4)15(21)24)8-6-5-7-9-17;/h5-12,18H2,1-4H3;1H. The molecule has 0 unspecified atom stereocenters. The van der Waals surface area contributed by atoms with Crippen LogP contribution < -0.4 is 5.73 Å². The fourth-order valence-corrected chi connectivity index (χ4v) is 3.72. The molecule has 4 amide bonds. The zero-order valence-electron chi connectivity index (χ0n) is 15.7. The van der Waals surface area contributed by atoms with Crippen LogP contribution in [-0.2, 0) is 9.59 Å². The van der Waals surface area contributed by atoms with Gasteiger partial charge in [-0.15, -0.1) is 12.4 Å². The van der Waals surface area contributed by atoms with Crippen molar-refractivity contribution < 1.29 is 14.4 Å². The van der Waals surface area contributed by atoms with E-state index in [9.17, 15) is 14.4 Å². The van der Waals surface area contributed by atoms with Crippen LogP contribution in [0, 0.1) is 5.41 Å². The fraction of sp³-hybridized carbons (Fsp3) is 0.824. The number of carbonyl (C=O) groups is 3. The lowest BCUT2D eigenvalue weighted by atomic mass is 9.81. The maximum absolute atomic E-state index is 12.9. The molecule has 144 valence electrons. The van der Waals surface area contributed by atoms with E-state index in [1.807, 2.05) is 13.8 Å². The number of rotatable bonds is 5. The highest BCUT2D eigenvalue weighted by atomic mass is 35.5. The summed E-state index contributed by atoms with van der Waals surface area (Å²) in [4.78, 5) is 42.1. The summed E-state index contributed by atoms with van der Waals surface area (Å²) < 4.78 is 0. The smallest absolute Gasteiger partial charge is 0.327 e. The summed E-state index contributed by atoms with van der Waals surface area (Å²) in [6.45, 7) is 4.71. The number of amides is 4. The van der Waals surface area contributed by atoms with E-state index in [2.05, 4.69) is 0 Å². The molecule has 25 heavy (non-hydrogen) atoms. The van der Waals surface area contributed by atoms with Crippen LogP contribution in [-0.4, -0.2) is 71.8 Å². The van der Waals surface area contributed by atoms with Crippen molar-refractivity contribution in [1.29, 1.82) is 0 Å². The minimum absolute atomic E-state index is 0. The lowest BCUT2D eigenvalue weighted by Crippen LogP contribution is -2.50. The van der Waals surface area contributed by atoms with Crippen LogP contribution in [0.2, 0.25) is 0 Å². The van der Waals surface area contributed by atoms with Crippen LogP contribution in [0.1, 0.15) is 46.0 Å². The Kier molecular flexibility index (Phi) is 6.87. The second-order valence-corrected chi connectivity index (χ2v) is 7.94. The Hall–Kier alpha value is -1.34. The molecule has 1 heterocycles. The van der Waals surface area contributed by atoms with Crippen LogP contribution in [0.3, 0.4) is 0 Å². The molecule has 1 aliphatic heterocycles. The van der Waals surface area contributed by atoms with Gasteiger partial charge in [0.25, 0.3) is 5.91 Å². The average molecular weight is 375 g/mol. The Labute approximate surface area is 156 Å². The number of hydrogen-bond acceptors (Lipinski definition) is 4. The zero-order valence-corrected chi connectivity index (χ0v) is 16.5. The molecular weight excluding hydrogens is 344 g/mol. The SMILES string of the molecule is CN(CC(C)(C)CN)C(=O)CN1C(=O)N(C)C2(CCCCC2)C1=O.Cl. The molecule has 1 saturated carbocycles. The maximum Gasteiger partial charge on any atom is 0.327 e. The summed E-state index contributed by atoms with van der Waals surface area (Å²) in [5, 5.41) is 0. The van der Waals surface area contributed by atoms with E-state index >= 15 is 0 Å². The quantitative estimate of drug-likeness (QED) is 0.738. The minimum atomic E-state index is -0.731. The summed E-state index contributed by atoms with van der Waals surface area (Å²) in [6, 6.07) is -0.360. The van der Waals surface area contributed by atoms with Crippen molar-refractivity contribution >= 4 is 30.3 Å². The van der Waals surface area contributed by atoms with E-state index in [1.54, 1.807) is 23.9 Å². The molecule has 1 spiro atoms. The average Bonchev–Trinajstić information content (AvgIpc) is 2.71. The second kappa shape index (κ2) is 7.91. The van der Waals surface area contributed by atoms with Gasteiger partial charge in [0.05, 0.1) is 0 Å². The molecule has 7 nitrogen and oxygen atoms in total. The molecule has 2 fully saturated rings. The van der Waals surface area contributed by atoms with Crippen molar-refractivity contribution in [1.82, 2.24) is 14.7 Å². The van der Waals surface area contributed by atoms with Crippen molar-refractivity contribution in [3.8, 4) is 0 Å². The van der Waals surface area contributed by atoms with Gasteiger partial charge in [0.15, 0.2) is 0 Å². The molecule has 2 aliphatic rings. The summed E-state index contributed by atoms with van der Waals surface area (Å²) in [5.41, 5.74) is 4.78. The number of imide groups is 1. The monoisotopic (exact) mass is 374 g/mol. The van der Waals surface area contributed by atoms with Crippen molar-refractivity contribution in [3.05, 3.63) is 0 Å². The summed E-state index contributed by atoms with van der Waals surface area (Å²) in [6.07, 6.45) is 4.35. The molecule has 2 rings (SSSR count). The van der Waals surface area contributed by atoms with Crippen LogP contribution in [0.5, 0.6) is 0 Å². The number of nitrogens with zero attached hydrogens (tertiary/aromatic N) is 3. The van der Waals surface area contributed by atoms with E-state index in [0.29, 0.717) is 25.9 Å². The van der Waals surface area contributed by atoms with Crippen molar-refractivity contribution in [2.45, 2.75) is 51.5 Å². The van der Waals surface area contributed by atoms with Gasteiger partial charge in [-0.3, -0.25) is 14.5 Å². The van der Waals surface area contributed by atoms with Crippen LogP contribution in [0.15, 0.2) is 0 Å². The number of hydrogen-bond donors (Lipinski definition) is 1. The van der Waals surface area contributed by atoms with Gasteiger partial charge in [0.2, 0.25) is 5.91 Å². The first-order valence-corrected chi connectivity index (χ1v) is 8.68. The predicted octanol–water partition coefficient (Wildman–Crippen LogP) is 1.45. The Morgan fingerprint density at radius 3 is 2.32 bits per heavy atom. The van der Waals surface area contributed by atoms with Gasteiger partial charge in [0.1, 0.15) is 12.1 Å². The highest BCUT2D eigenvalue weighted by Crippen LogP contribution is 2.39. The molecule has 2 N–H and O–H groups in total. The highest BCUT2D eigenvalue weighted by molar-refractivity contribution is 6.08. The molecule has 0 atom stereocenters. The number of likely N-dealkylation sites (N-methyl/N-ethyl adjacent to an activating group) is 2. The molecule has 0 aromatic carbocycles. The molecule has 0 bridgehead atoms. The minimum Gasteiger partial charge on any atom is -0.344 e. The Balaban J connectivity index is 0.00000312. The van der Waals surface area contributed by atoms with Crippen molar-refractivity contribution in [2.24, 2.45) is 11.1 Å². The van der Waals surface area contributed by atoms with E-state index in [-0.39, 0.29) is 42.2 Å². The molecule has 0 aromatic rings. The van der Waals surface area contributed by atoms with Crippen molar-refractivity contribution in [3.63, 3.8) is 0 Å². The number of nitrogens with two attached hydrogens (primary N) is 1. The fourth-order valence-electron chi connectivity index (χ4n) is 3.72. The Morgan fingerprint density at radius 1 is 1.24 bits per heavy atom. The third-order valence-electron chi connectivity index (χ3n) is 5.42. The van der Waals surface area contributed by atoms with Gasteiger partial charge in [-0.05, 0) is 24.8 Å². The van der Waals surface area contributed by atoms with Gasteiger partial charge in [0, 0.05) is 20.6 Å². The van der Waals surface area contributed by atoms with E-state index in [1.165, 1.54) is 0 Å². The first-order valence-electron chi connectivity index (χ1n) is 8.68. The molecular formula is C17H31ClN4O3. The van der Waals surface area contributed by atoms with Gasteiger partial charge in [-0.25, -0.2) is 4.79 Å². The number of urea groups is 1. The zero-order chi connectivity index (χ0) is 18.1. The van der Waals surface area contributed by atoms with Crippen molar-refractivity contribution in [2.75, 3.05) is 33.7 Å². The molecule has 8 heteroatoms. The second-order valence-electron chi connectivity index (χ2n) is 7.94. The van der Waals surface area contributed by atoms with Crippen LogP contribution in [0.25, 0.3) is 0 Å². The molecule has 1 saturated heterocycles. The van der Waals surface area contributed by atoms with E-state index < -0.39 is 5.54 Å². The molecule has 0 radical (unpaired) electrons. The van der Waals surface area contributed by atoms with Gasteiger partial charge < -0.3 is 15.5 Å². The summed E-state index contributed by atoms with van der Waals surface area (Å²) >= 11 is 0. The summed E-state index contributed by atoms with van der Waals surface area (Å²) in [5.74, 6) is -0.450. The third-order valence-corrected chi connectivity index (χ3v) is 5.42. The molecule has 1 aliphatic carbocycles. The third kappa shape index (κ3) is 4.08. The van der Waals surface area contributed by atoms with E-state index in [0.717, 1.165) is 24.2 Å². The Bertz CT molecular complexity index is 532. The molecule has 0 aromatic heterocycles. The topological polar surface area (TPSA) is 86.9 Å². The highest BCUT2D eigenvalue weighted by Gasteiger charge is 2.55. The predicted molar refractivity (Wildman–Crippen MR) is 98.4 cm³/mol.